The summed E-state index contributed by atoms with van der Waals surface area (Å²) in [6, 6.07) is 1.97. The molecule has 0 radical (unpaired) electrons. The number of aryl methyl sites for hydroxylation is 3. The molecule has 8 heteroatoms. The van der Waals surface area contributed by atoms with Gasteiger partial charge < -0.3 is 0 Å². The molecule has 2 aromatic heterocycles. The van der Waals surface area contributed by atoms with E-state index in [9.17, 15) is 13.2 Å². The average Bonchev–Trinajstić information content (AvgIpc) is 3.22. The van der Waals surface area contributed by atoms with Gasteiger partial charge in [-0.25, -0.2) is 8.42 Å². The predicted octanol–water partition coefficient (Wildman–Crippen LogP) is 3.30. The largest absolute Gasteiger partial charge is 0.288 e. The van der Waals surface area contributed by atoms with Gasteiger partial charge in [-0.05, 0) is 64.0 Å². The predicted molar refractivity (Wildman–Crippen MR) is 105 cm³/mol. The summed E-state index contributed by atoms with van der Waals surface area (Å²) in [6.07, 6.45) is 7.19. The van der Waals surface area contributed by atoms with Crippen LogP contribution in [0.2, 0.25) is 0 Å². The molecule has 0 saturated carbocycles. The van der Waals surface area contributed by atoms with E-state index < -0.39 is 10.0 Å². The van der Waals surface area contributed by atoms with Crippen molar-refractivity contribution in [3.63, 3.8) is 0 Å². The molecule has 0 aromatic carbocycles. The Balaban J connectivity index is 1.70. The Labute approximate surface area is 164 Å². The van der Waals surface area contributed by atoms with Crippen LogP contribution in [0.3, 0.4) is 0 Å². The third kappa shape index (κ3) is 3.28. The van der Waals surface area contributed by atoms with Crippen LogP contribution in [0.4, 0.5) is 0 Å². The number of fused-ring (bicyclic) bond motifs is 1. The van der Waals surface area contributed by atoms with Crippen LogP contribution in [-0.4, -0.2) is 41.5 Å². The van der Waals surface area contributed by atoms with Gasteiger partial charge in [0.05, 0.1) is 16.3 Å². The van der Waals surface area contributed by atoms with E-state index >= 15 is 0 Å². The minimum absolute atomic E-state index is 0.194. The molecule has 0 atom stereocenters. The lowest BCUT2D eigenvalue weighted by atomic mass is 9.99. The molecule has 0 spiro atoms. The molecule has 0 amide bonds. The fourth-order valence-corrected chi connectivity index (χ4v) is 7.18. The maximum atomic E-state index is 13.1. The highest BCUT2D eigenvalue weighted by atomic mass is 32.2. The molecule has 0 N–H and O–H groups in total. The maximum absolute atomic E-state index is 13.1. The van der Waals surface area contributed by atoms with Gasteiger partial charge in [0, 0.05) is 18.0 Å². The standard InChI is InChI=1S/C19H25N3O3S2/c1-13-18(27(24,25)21-10-6-3-7-11-21)14(2)22(20-13)19(23)17-12-15-8-4-5-9-16(15)26-17/h12H,3-11H2,1-2H3. The van der Waals surface area contributed by atoms with E-state index in [0.29, 0.717) is 29.4 Å². The number of aromatic nitrogens is 2. The molecule has 1 aliphatic heterocycles. The van der Waals surface area contributed by atoms with Crippen molar-refractivity contribution >= 4 is 27.3 Å². The van der Waals surface area contributed by atoms with Crippen molar-refractivity contribution in [1.29, 1.82) is 0 Å². The van der Waals surface area contributed by atoms with Gasteiger partial charge >= 0.3 is 0 Å². The quantitative estimate of drug-likeness (QED) is 0.783. The highest BCUT2D eigenvalue weighted by Crippen LogP contribution is 2.31. The second-order valence-electron chi connectivity index (χ2n) is 7.45. The zero-order valence-corrected chi connectivity index (χ0v) is 17.5. The summed E-state index contributed by atoms with van der Waals surface area (Å²) in [5.41, 5.74) is 2.07. The molecular formula is C19H25N3O3S2. The summed E-state index contributed by atoms with van der Waals surface area (Å²) in [6.45, 7) is 4.44. The first-order valence-electron chi connectivity index (χ1n) is 9.62. The van der Waals surface area contributed by atoms with E-state index in [1.165, 1.54) is 37.2 Å². The van der Waals surface area contributed by atoms with Gasteiger partial charge in [0.25, 0.3) is 5.91 Å². The Morgan fingerprint density at radius 2 is 1.78 bits per heavy atom. The van der Waals surface area contributed by atoms with Crippen molar-refractivity contribution in [3.8, 4) is 0 Å². The van der Waals surface area contributed by atoms with Crippen LogP contribution < -0.4 is 0 Å². The van der Waals surface area contributed by atoms with Gasteiger partial charge in [0.1, 0.15) is 4.90 Å². The van der Waals surface area contributed by atoms with E-state index in [0.717, 1.165) is 38.5 Å². The van der Waals surface area contributed by atoms with Crippen LogP contribution in [0.5, 0.6) is 0 Å². The van der Waals surface area contributed by atoms with E-state index in [2.05, 4.69) is 5.10 Å². The third-order valence-electron chi connectivity index (χ3n) is 5.54. The summed E-state index contributed by atoms with van der Waals surface area (Å²) in [4.78, 5) is 15.2. The van der Waals surface area contributed by atoms with E-state index in [-0.39, 0.29) is 10.8 Å². The lowest BCUT2D eigenvalue weighted by Gasteiger charge is -2.25. The fraction of sp³-hybridized carbons (Fsp3) is 0.579. The summed E-state index contributed by atoms with van der Waals surface area (Å²) in [5, 5.41) is 4.32. The molecule has 3 heterocycles. The second kappa shape index (κ2) is 7.14. The Morgan fingerprint density at radius 3 is 2.48 bits per heavy atom. The molecule has 1 aliphatic carbocycles. The monoisotopic (exact) mass is 407 g/mol. The Hall–Kier alpha value is -1.51. The molecule has 2 aliphatic rings. The van der Waals surface area contributed by atoms with Gasteiger partial charge in [0.2, 0.25) is 10.0 Å². The number of hydrogen-bond donors (Lipinski definition) is 0. The molecule has 27 heavy (non-hydrogen) atoms. The lowest BCUT2D eigenvalue weighted by molar-refractivity contribution is 0.0946. The van der Waals surface area contributed by atoms with Crippen molar-refractivity contribution in [1.82, 2.24) is 14.1 Å². The Kier molecular flexibility index (Phi) is 4.98. The number of thiophene rings is 1. The number of rotatable bonds is 3. The van der Waals surface area contributed by atoms with E-state index in [1.54, 1.807) is 13.8 Å². The molecule has 6 nitrogen and oxygen atoms in total. The first-order valence-corrected chi connectivity index (χ1v) is 11.9. The molecule has 0 unspecified atom stereocenters. The van der Waals surface area contributed by atoms with Crippen molar-refractivity contribution in [2.75, 3.05) is 13.1 Å². The topological polar surface area (TPSA) is 72.3 Å². The first kappa shape index (κ1) is 18.8. The van der Waals surface area contributed by atoms with Crippen LogP contribution in [0.15, 0.2) is 11.0 Å². The molecule has 4 rings (SSSR count). The van der Waals surface area contributed by atoms with Gasteiger partial charge in [-0.1, -0.05) is 6.42 Å². The van der Waals surface area contributed by atoms with E-state index in [1.807, 2.05) is 6.07 Å². The normalized spacial score (nSPS) is 18.4. The Bertz CT molecular complexity index is 959. The molecule has 1 fully saturated rings. The van der Waals surface area contributed by atoms with Crippen molar-refractivity contribution in [3.05, 3.63) is 32.8 Å². The van der Waals surface area contributed by atoms with Gasteiger partial charge in [-0.15, -0.1) is 11.3 Å². The molecule has 146 valence electrons. The SMILES string of the molecule is Cc1nn(C(=O)c2cc3c(s2)CCCC3)c(C)c1S(=O)(=O)N1CCCCC1. The number of nitrogens with zero attached hydrogens (tertiary/aromatic N) is 3. The van der Waals surface area contributed by atoms with Gasteiger partial charge in [0.15, 0.2) is 0 Å². The van der Waals surface area contributed by atoms with Crippen LogP contribution in [0, 0.1) is 13.8 Å². The number of hydrogen-bond acceptors (Lipinski definition) is 5. The zero-order valence-electron chi connectivity index (χ0n) is 15.8. The number of sulfonamides is 1. The highest BCUT2D eigenvalue weighted by molar-refractivity contribution is 7.89. The minimum atomic E-state index is -3.62. The van der Waals surface area contributed by atoms with Crippen LogP contribution in [0.25, 0.3) is 0 Å². The minimum Gasteiger partial charge on any atom is -0.266 e. The van der Waals surface area contributed by atoms with Crippen molar-refractivity contribution in [2.24, 2.45) is 0 Å². The number of piperidine rings is 1. The Morgan fingerprint density at radius 1 is 1.07 bits per heavy atom. The highest BCUT2D eigenvalue weighted by Gasteiger charge is 2.33. The van der Waals surface area contributed by atoms with Crippen molar-refractivity contribution < 1.29 is 13.2 Å². The number of carbonyl (C=O) groups excluding carboxylic acids is 1. The average molecular weight is 408 g/mol. The fourth-order valence-electron chi connectivity index (χ4n) is 4.13. The van der Waals surface area contributed by atoms with Crippen LogP contribution in [0.1, 0.15) is 63.6 Å². The third-order valence-corrected chi connectivity index (χ3v) is 8.91. The molecule has 2 aromatic rings. The second-order valence-corrected chi connectivity index (χ2v) is 10.5. The number of carbonyl (C=O) groups is 1. The summed E-state index contributed by atoms with van der Waals surface area (Å²) in [5.74, 6) is -0.227. The van der Waals surface area contributed by atoms with Crippen molar-refractivity contribution in [2.45, 2.75) is 63.7 Å². The molecular weight excluding hydrogens is 382 g/mol. The van der Waals surface area contributed by atoms with Crippen LogP contribution in [-0.2, 0) is 22.9 Å². The van der Waals surface area contributed by atoms with Gasteiger partial charge in [-0.2, -0.15) is 14.1 Å². The molecule has 0 bridgehead atoms. The van der Waals surface area contributed by atoms with Gasteiger partial charge in [-0.3, -0.25) is 4.79 Å². The van der Waals surface area contributed by atoms with Crippen LogP contribution >= 0.6 is 11.3 Å². The zero-order chi connectivity index (χ0) is 19.2. The molecule has 1 saturated heterocycles. The maximum Gasteiger partial charge on any atom is 0.288 e. The summed E-state index contributed by atoms with van der Waals surface area (Å²) in [7, 11) is -3.62. The first-order chi connectivity index (χ1) is 12.9. The summed E-state index contributed by atoms with van der Waals surface area (Å²) < 4.78 is 29.1. The summed E-state index contributed by atoms with van der Waals surface area (Å²) >= 11 is 1.53. The van der Waals surface area contributed by atoms with E-state index in [4.69, 9.17) is 0 Å². The lowest BCUT2D eigenvalue weighted by Crippen LogP contribution is -2.36. The smallest absolute Gasteiger partial charge is 0.266 e.